The molecule has 0 aliphatic rings. The average Bonchev–Trinajstić information content (AvgIpc) is 2.88. The van der Waals surface area contributed by atoms with E-state index in [1.54, 1.807) is 19.1 Å². The summed E-state index contributed by atoms with van der Waals surface area (Å²) in [5.74, 6) is -0.421. The zero-order valence-corrected chi connectivity index (χ0v) is 14.1. The lowest BCUT2D eigenvalue weighted by molar-refractivity contribution is -0.384. The highest BCUT2D eigenvalue weighted by Gasteiger charge is 2.18. The molecule has 1 amide bonds. The van der Waals surface area contributed by atoms with Gasteiger partial charge in [0.05, 0.1) is 10.7 Å². The fraction of sp³-hybridized carbons (Fsp3) is 0.357. The fourth-order valence-corrected chi connectivity index (χ4v) is 2.88. The molecule has 0 spiro atoms. The Balaban J connectivity index is 2.08. The number of anilines is 1. The van der Waals surface area contributed by atoms with Crippen LogP contribution in [-0.2, 0) is 11.3 Å². The number of aromatic nitrogens is 3. The summed E-state index contributed by atoms with van der Waals surface area (Å²) in [4.78, 5) is 34.2. The molecule has 0 fully saturated rings. The molecule has 10 heteroatoms. The van der Waals surface area contributed by atoms with Crippen molar-refractivity contribution < 1.29 is 9.72 Å². The third kappa shape index (κ3) is 4.02. The largest absolute Gasteiger partial charge is 0.343 e. The predicted molar refractivity (Wildman–Crippen MR) is 90.3 cm³/mol. The van der Waals surface area contributed by atoms with E-state index >= 15 is 0 Å². The Morgan fingerprint density at radius 2 is 2.25 bits per heavy atom. The minimum absolute atomic E-state index is 0.0144. The van der Waals surface area contributed by atoms with Gasteiger partial charge in [0.15, 0.2) is 5.16 Å². The minimum Gasteiger partial charge on any atom is -0.319 e. The van der Waals surface area contributed by atoms with Crippen molar-refractivity contribution in [1.29, 1.82) is 0 Å². The molecule has 1 aromatic carbocycles. The molecule has 0 saturated heterocycles. The molecule has 2 rings (SSSR count). The fourth-order valence-electron chi connectivity index (χ4n) is 2.11. The normalized spacial score (nSPS) is 10.6. The highest BCUT2D eigenvalue weighted by Crippen LogP contribution is 2.28. The summed E-state index contributed by atoms with van der Waals surface area (Å²) in [5, 5.41) is 20.2. The van der Waals surface area contributed by atoms with Gasteiger partial charge in [-0.2, -0.15) is 0 Å². The summed E-state index contributed by atoms with van der Waals surface area (Å²) in [6.07, 6.45) is 0.759. The first-order chi connectivity index (χ1) is 11.4. The van der Waals surface area contributed by atoms with Crippen molar-refractivity contribution in [3.63, 3.8) is 0 Å². The number of hydrogen-bond acceptors (Lipinski definition) is 6. The van der Waals surface area contributed by atoms with E-state index in [0.717, 1.165) is 18.2 Å². The lowest BCUT2D eigenvalue weighted by Crippen LogP contribution is -2.19. The number of nitrogens with one attached hydrogen (secondary N) is 2. The van der Waals surface area contributed by atoms with Gasteiger partial charge < -0.3 is 5.32 Å². The minimum atomic E-state index is -0.539. The molecule has 1 aromatic heterocycles. The van der Waals surface area contributed by atoms with Crippen LogP contribution in [0.2, 0.25) is 0 Å². The predicted octanol–water partition coefficient (Wildman–Crippen LogP) is 1.93. The SMILES string of the molecule is CCCn1c(SCC(=O)Nc2c(C)cccc2[N+](=O)[O-])n[nH]c1=O. The third-order valence-electron chi connectivity index (χ3n) is 3.21. The molecule has 0 saturated carbocycles. The van der Waals surface area contributed by atoms with Crippen LogP contribution in [-0.4, -0.2) is 31.3 Å². The number of rotatable bonds is 7. The van der Waals surface area contributed by atoms with Crippen LogP contribution in [0.1, 0.15) is 18.9 Å². The molecule has 0 aliphatic carbocycles. The number of para-hydroxylation sites is 1. The second-order valence-electron chi connectivity index (χ2n) is 5.03. The second kappa shape index (κ2) is 7.77. The Morgan fingerprint density at radius 1 is 1.50 bits per heavy atom. The first-order valence-corrected chi connectivity index (χ1v) is 8.24. The number of benzene rings is 1. The molecule has 128 valence electrons. The van der Waals surface area contributed by atoms with Gasteiger partial charge in [-0.25, -0.2) is 9.89 Å². The lowest BCUT2D eigenvalue weighted by Gasteiger charge is -2.08. The number of nitro benzene ring substituents is 1. The Labute approximate surface area is 141 Å². The van der Waals surface area contributed by atoms with Crippen molar-refractivity contribution in [2.45, 2.75) is 32.0 Å². The summed E-state index contributed by atoms with van der Waals surface area (Å²) in [6.45, 7) is 4.11. The highest BCUT2D eigenvalue weighted by atomic mass is 32.2. The zero-order chi connectivity index (χ0) is 17.7. The van der Waals surface area contributed by atoms with Crippen LogP contribution in [0.4, 0.5) is 11.4 Å². The number of thioether (sulfide) groups is 1. The van der Waals surface area contributed by atoms with Gasteiger partial charge in [0.1, 0.15) is 5.69 Å². The van der Waals surface area contributed by atoms with Gasteiger partial charge in [-0.05, 0) is 18.9 Å². The number of aryl methyl sites for hydroxylation is 1. The van der Waals surface area contributed by atoms with Crippen LogP contribution < -0.4 is 11.0 Å². The molecule has 24 heavy (non-hydrogen) atoms. The van der Waals surface area contributed by atoms with E-state index in [2.05, 4.69) is 15.5 Å². The Morgan fingerprint density at radius 3 is 2.92 bits per heavy atom. The van der Waals surface area contributed by atoms with E-state index in [1.807, 2.05) is 6.92 Å². The van der Waals surface area contributed by atoms with E-state index in [9.17, 15) is 19.7 Å². The monoisotopic (exact) mass is 351 g/mol. The topological polar surface area (TPSA) is 123 Å². The molecule has 0 bridgehead atoms. The van der Waals surface area contributed by atoms with Crippen molar-refractivity contribution in [1.82, 2.24) is 14.8 Å². The number of aromatic amines is 1. The summed E-state index contributed by atoms with van der Waals surface area (Å²) in [7, 11) is 0. The number of nitrogens with zero attached hydrogens (tertiary/aromatic N) is 3. The van der Waals surface area contributed by atoms with Gasteiger partial charge in [-0.3, -0.25) is 19.5 Å². The summed E-state index contributed by atoms with van der Waals surface area (Å²) >= 11 is 1.09. The van der Waals surface area contributed by atoms with Gasteiger partial charge in [-0.1, -0.05) is 30.8 Å². The van der Waals surface area contributed by atoms with Crippen molar-refractivity contribution >= 4 is 29.0 Å². The lowest BCUT2D eigenvalue weighted by atomic mass is 10.1. The van der Waals surface area contributed by atoms with Crippen molar-refractivity contribution in [3.8, 4) is 0 Å². The molecule has 0 atom stereocenters. The van der Waals surface area contributed by atoms with Crippen LogP contribution in [0, 0.1) is 17.0 Å². The van der Waals surface area contributed by atoms with Gasteiger partial charge >= 0.3 is 5.69 Å². The van der Waals surface area contributed by atoms with Crippen molar-refractivity contribution in [2.75, 3.05) is 11.1 Å². The summed E-state index contributed by atoms with van der Waals surface area (Å²) in [6, 6.07) is 4.58. The maximum absolute atomic E-state index is 12.1. The number of hydrogen-bond donors (Lipinski definition) is 2. The summed E-state index contributed by atoms with van der Waals surface area (Å²) in [5.41, 5.74) is 0.302. The molecule has 0 unspecified atom stereocenters. The molecule has 0 aliphatic heterocycles. The molecule has 2 aromatic rings. The Bertz CT molecular complexity index is 814. The van der Waals surface area contributed by atoms with Crippen LogP contribution in [0.15, 0.2) is 28.2 Å². The second-order valence-corrected chi connectivity index (χ2v) is 5.97. The van der Waals surface area contributed by atoms with E-state index < -0.39 is 10.8 Å². The highest BCUT2D eigenvalue weighted by molar-refractivity contribution is 7.99. The molecule has 2 N–H and O–H groups in total. The van der Waals surface area contributed by atoms with E-state index in [-0.39, 0.29) is 22.8 Å². The van der Waals surface area contributed by atoms with Crippen molar-refractivity contribution in [2.24, 2.45) is 0 Å². The number of nitro groups is 1. The maximum Gasteiger partial charge on any atom is 0.343 e. The van der Waals surface area contributed by atoms with E-state index in [0.29, 0.717) is 17.3 Å². The van der Waals surface area contributed by atoms with Gasteiger partial charge in [0.25, 0.3) is 5.69 Å². The Hall–Kier alpha value is -2.62. The molecule has 1 heterocycles. The molecule has 0 radical (unpaired) electrons. The van der Waals surface area contributed by atoms with Crippen molar-refractivity contribution in [3.05, 3.63) is 44.4 Å². The maximum atomic E-state index is 12.1. The van der Waals surface area contributed by atoms with Gasteiger partial charge in [0.2, 0.25) is 5.91 Å². The smallest absolute Gasteiger partial charge is 0.319 e. The van der Waals surface area contributed by atoms with Crippen LogP contribution >= 0.6 is 11.8 Å². The molecular weight excluding hydrogens is 334 g/mol. The van der Waals surface area contributed by atoms with Crippen LogP contribution in [0.25, 0.3) is 0 Å². The third-order valence-corrected chi connectivity index (χ3v) is 4.19. The van der Waals surface area contributed by atoms with Crippen LogP contribution in [0.3, 0.4) is 0 Å². The van der Waals surface area contributed by atoms with E-state index in [1.165, 1.54) is 10.6 Å². The zero-order valence-electron chi connectivity index (χ0n) is 13.2. The van der Waals surface area contributed by atoms with Crippen LogP contribution in [0.5, 0.6) is 0 Å². The van der Waals surface area contributed by atoms with Gasteiger partial charge in [-0.15, -0.1) is 5.10 Å². The first kappa shape index (κ1) is 17.7. The molecule has 9 nitrogen and oxygen atoms in total. The van der Waals surface area contributed by atoms with Gasteiger partial charge in [0, 0.05) is 12.6 Å². The number of H-pyrrole nitrogens is 1. The Kier molecular flexibility index (Phi) is 5.74. The standard InChI is InChI=1S/C14H17N5O4S/c1-3-7-18-13(21)16-17-14(18)24-8-11(20)15-12-9(2)5-4-6-10(12)19(22)23/h4-6H,3,7-8H2,1-2H3,(H,15,20)(H,16,21). The number of carbonyl (C=O) groups excluding carboxylic acids is 1. The quantitative estimate of drug-likeness (QED) is 0.446. The first-order valence-electron chi connectivity index (χ1n) is 7.26. The number of carbonyl (C=O) groups is 1. The summed E-state index contributed by atoms with van der Waals surface area (Å²) < 4.78 is 1.45. The number of amides is 1. The van der Waals surface area contributed by atoms with E-state index in [4.69, 9.17) is 0 Å². The molecular formula is C14H17N5O4S. The average molecular weight is 351 g/mol.